The van der Waals surface area contributed by atoms with E-state index in [9.17, 15) is 5.11 Å². The molecule has 0 amide bonds. The van der Waals surface area contributed by atoms with E-state index in [1.807, 2.05) is 30.0 Å². The van der Waals surface area contributed by atoms with Crippen LogP contribution in [0.15, 0.2) is 35.2 Å². The standard InChI is InChI=1S/C17H24O4S2/c18-8-6-14(19)12-17(23-15-4-2-1-3-5-15)13-16(7-11-22-17)20-9-10-21-16/h1-5,14,18-19H,6-13H2/t14-,17+/m0/s1. The SMILES string of the molecule is OCC[C@H](O)C[C@@]1(Sc2ccccc2)CC2(CCS1)OCCO2. The van der Waals surface area contributed by atoms with Crippen LogP contribution in [0.5, 0.6) is 0 Å². The van der Waals surface area contributed by atoms with Crippen molar-refractivity contribution in [2.24, 2.45) is 0 Å². The molecule has 0 aliphatic carbocycles. The van der Waals surface area contributed by atoms with E-state index in [2.05, 4.69) is 12.1 Å². The van der Waals surface area contributed by atoms with Gasteiger partial charge in [-0.05, 0) is 30.7 Å². The lowest BCUT2D eigenvalue weighted by Gasteiger charge is -2.44. The molecule has 6 heteroatoms. The summed E-state index contributed by atoms with van der Waals surface area (Å²) in [4.78, 5) is 1.19. The summed E-state index contributed by atoms with van der Waals surface area (Å²) in [5.74, 6) is 0.456. The quantitative estimate of drug-likeness (QED) is 0.817. The third kappa shape index (κ3) is 4.44. The Hall–Kier alpha value is -0.240. The molecule has 2 aliphatic rings. The van der Waals surface area contributed by atoms with Gasteiger partial charge in [0.25, 0.3) is 0 Å². The van der Waals surface area contributed by atoms with Crippen LogP contribution >= 0.6 is 23.5 Å². The maximum Gasteiger partial charge on any atom is 0.171 e. The van der Waals surface area contributed by atoms with Gasteiger partial charge < -0.3 is 19.7 Å². The Morgan fingerprint density at radius 2 is 1.96 bits per heavy atom. The van der Waals surface area contributed by atoms with E-state index in [-0.39, 0.29) is 10.7 Å². The Balaban J connectivity index is 1.80. The van der Waals surface area contributed by atoms with Crippen molar-refractivity contribution in [2.75, 3.05) is 25.6 Å². The summed E-state index contributed by atoms with van der Waals surface area (Å²) in [6.07, 6.45) is 2.16. The zero-order valence-corrected chi connectivity index (χ0v) is 14.8. The molecule has 3 rings (SSSR count). The number of hydrogen-bond donors (Lipinski definition) is 2. The largest absolute Gasteiger partial charge is 0.396 e. The molecule has 2 atom stereocenters. The number of aliphatic hydroxyl groups is 2. The summed E-state index contributed by atoms with van der Waals surface area (Å²) in [5, 5.41) is 19.4. The van der Waals surface area contributed by atoms with Crippen molar-refractivity contribution in [2.45, 2.75) is 46.5 Å². The smallest absolute Gasteiger partial charge is 0.171 e. The molecule has 0 radical (unpaired) electrons. The van der Waals surface area contributed by atoms with E-state index < -0.39 is 11.9 Å². The van der Waals surface area contributed by atoms with Gasteiger partial charge in [-0.25, -0.2) is 0 Å². The van der Waals surface area contributed by atoms with Crippen molar-refractivity contribution in [1.82, 2.24) is 0 Å². The second-order valence-electron chi connectivity index (χ2n) is 6.08. The second-order valence-corrected chi connectivity index (χ2v) is 9.27. The van der Waals surface area contributed by atoms with Crippen molar-refractivity contribution >= 4 is 23.5 Å². The van der Waals surface area contributed by atoms with Crippen LogP contribution in [0, 0.1) is 0 Å². The molecule has 2 saturated heterocycles. The van der Waals surface area contributed by atoms with Gasteiger partial charge in [0.15, 0.2) is 5.79 Å². The van der Waals surface area contributed by atoms with Crippen molar-refractivity contribution in [3.63, 3.8) is 0 Å². The molecule has 23 heavy (non-hydrogen) atoms. The molecule has 1 spiro atoms. The Labute approximate surface area is 145 Å². The zero-order chi connectivity index (χ0) is 16.2. The van der Waals surface area contributed by atoms with Crippen LogP contribution < -0.4 is 0 Å². The highest BCUT2D eigenvalue weighted by atomic mass is 32.2. The highest BCUT2D eigenvalue weighted by Crippen LogP contribution is 2.55. The molecule has 2 aliphatic heterocycles. The first kappa shape index (κ1) is 17.6. The fraction of sp³-hybridized carbons (Fsp3) is 0.647. The Bertz CT molecular complexity index is 493. The molecule has 2 N–H and O–H groups in total. The van der Waals surface area contributed by atoms with Gasteiger partial charge in [0, 0.05) is 24.3 Å². The van der Waals surface area contributed by atoms with Crippen LogP contribution in [0.1, 0.15) is 25.7 Å². The summed E-state index contributed by atoms with van der Waals surface area (Å²) in [6, 6.07) is 10.3. The minimum Gasteiger partial charge on any atom is -0.396 e. The number of hydrogen-bond acceptors (Lipinski definition) is 6. The van der Waals surface area contributed by atoms with Crippen LogP contribution in [0.4, 0.5) is 0 Å². The average Bonchev–Trinajstić information content (AvgIpc) is 2.95. The third-order valence-electron chi connectivity index (χ3n) is 4.26. The van der Waals surface area contributed by atoms with E-state index in [1.165, 1.54) is 4.90 Å². The van der Waals surface area contributed by atoms with Crippen molar-refractivity contribution in [3.8, 4) is 0 Å². The minimum absolute atomic E-state index is 0.00998. The Kier molecular flexibility index (Phi) is 5.93. The molecule has 4 nitrogen and oxygen atoms in total. The minimum atomic E-state index is -0.514. The predicted molar refractivity (Wildman–Crippen MR) is 93.7 cm³/mol. The van der Waals surface area contributed by atoms with Crippen LogP contribution in [-0.4, -0.2) is 51.8 Å². The average molecular weight is 357 g/mol. The lowest BCUT2D eigenvalue weighted by atomic mass is 10.0. The van der Waals surface area contributed by atoms with E-state index in [1.54, 1.807) is 11.8 Å². The number of benzene rings is 1. The van der Waals surface area contributed by atoms with Gasteiger partial charge in [0.05, 0.1) is 23.4 Å². The molecule has 0 saturated carbocycles. The van der Waals surface area contributed by atoms with Gasteiger partial charge in [-0.1, -0.05) is 18.2 Å². The van der Waals surface area contributed by atoms with Crippen molar-refractivity contribution in [3.05, 3.63) is 30.3 Å². The van der Waals surface area contributed by atoms with Gasteiger partial charge in [0.2, 0.25) is 0 Å². The maximum absolute atomic E-state index is 10.3. The fourth-order valence-corrected chi connectivity index (χ4v) is 6.72. The summed E-state index contributed by atoms with van der Waals surface area (Å²) in [6.45, 7) is 1.31. The Morgan fingerprint density at radius 3 is 2.65 bits per heavy atom. The van der Waals surface area contributed by atoms with Gasteiger partial charge in [-0.2, -0.15) is 0 Å². The van der Waals surface area contributed by atoms with Gasteiger partial charge in [-0.3, -0.25) is 0 Å². The second kappa shape index (κ2) is 7.76. The molecule has 0 unspecified atom stereocenters. The highest BCUT2D eigenvalue weighted by Gasteiger charge is 2.50. The molecular weight excluding hydrogens is 332 g/mol. The van der Waals surface area contributed by atoms with E-state index >= 15 is 0 Å². The summed E-state index contributed by atoms with van der Waals surface area (Å²) >= 11 is 3.67. The topological polar surface area (TPSA) is 58.9 Å². The number of aliphatic hydroxyl groups excluding tert-OH is 2. The molecule has 2 heterocycles. The first-order valence-electron chi connectivity index (χ1n) is 8.10. The highest BCUT2D eigenvalue weighted by molar-refractivity contribution is 8.18. The number of ether oxygens (including phenoxy) is 2. The molecular formula is C17H24O4S2. The molecule has 0 aromatic heterocycles. The maximum atomic E-state index is 10.3. The molecule has 1 aromatic rings. The van der Waals surface area contributed by atoms with E-state index in [0.29, 0.717) is 26.1 Å². The molecule has 128 valence electrons. The van der Waals surface area contributed by atoms with Gasteiger partial charge in [0.1, 0.15) is 0 Å². The lowest BCUT2D eigenvalue weighted by Crippen LogP contribution is -2.45. The fourth-order valence-electron chi connectivity index (χ4n) is 3.24. The van der Waals surface area contributed by atoms with Crippen LogP contribution in [-0.2, 0) is 9.47 Å². The predicted octanol–water partition coefficient (Wildman–Crippen LogP) is 2.88. The zero-order valence-electron chi connectivity index (χ0n) is 13.1. The molecule has 0 bridgehead atoms. The van der Waals surface area contributed by atoms with Crippen molar-refractivity contribution in [1.29, 1.82) is 0 Å². The lowest BCUT2D eigenvalue weighted by molar-refractivity contribution is -0.167. The third-order valence-corrected chi connectivity index (χ3v) is 7.30. The molecule has 1 aromatic carbocycles. The first-order chi connectivity index (χ1) is 11.2. The van der Waals surface area contributed by atoms with Gasteiger partial charge in [-0.15, -0.1) is 23.5 Å². The van der Waals surface area contributed by atoms with Crippen molar-refractivity contribution < 1.29 is 19.7 Å². The summed E-state index contributed by atoms with van der Waals surface area (Å²) in [7, 11) is 0. The van der Waals surface area contributed by atoms with Gasteiger partial charge >= 0.3 is 0 Å². The van der Waals surface area contributed by atoms with E-state index in [0.717, 1.165) is 18.6 Å². The van der Waals surface area contributed by atoms with Crippen LogP contribution in [0.2, 0.25) is 0 Å². The first-order valence-corrected chi connectivity index (χ1v) is 9.90. The van der Waals surface area contributed by atoms with E-state index in [4.69, 9.17) is 14.6 Å². The monoisotopic (exact) mass is 356 g/mol. The van der Waals surface area contributed by atoms with Crippen LogP contribution in [0.25, 0.3) is 0 Å². The summed E-state index contributed by atoms with van der Waals surface area (Å²) in [5.41, 5.74) is 0. The number of thioether (sulfide) groups is 2. The summed E-state index contributed by atoms with van der Waals surface area (Å²) < 4.78 is 11.7. The Morgan fingerprint density at radius 1 is 1.22 bits per heavy atom. The molecule has 2 fully saturated rings. The normalized spacial score (nSPS) is 28.1. The number of rotatable bonds is 6. The van der Waals surface area contributed by atoms with Crippen LogP contribution in [0.3, 0.4) is 0 Å².